The van der Waals surface area contributed by atoms with Crippen molar-refractivity contribution in [2.75, 3.05) is 26.4 Å². The van der Waals surface area contributed by atoms with Crippen LogP contribution in [0.4, 0.5) is 8.78 Å². The van der Waals surface area contributed by atoms with Gasteiger partial charge in [-0.2, -0.15) is 0 Å². The summed E-state index contributed by atoms with van der Waals surface area (Å²) in [7, 11) is 0. The molecule has 2 aliphatic carbocycles. The van der Waals surface area contributed by atoms with E-state index in [9.17, 15) is 28.0 Å². The lowest BCUT2D eigenvalue weighted by Gasteiger charge is -2.45. The molecule has 4 fully saturated rings. The third-order valence-corrected chi connectivity index (χ3v) is 14.2. The lowest BCUT2D eigenvalue weighted by molar-refractivity contribution is 0.0135. The highest BCUT2D eigenvalue weighted by Gasteiger charge is 2.41. The van der Waals surface area contributed by atoms with Crippen LogP contribution in [-0.2, 0) is 0 Å². The maximum Gasteiger partial charge on any atom is 0.273 e. The van der Waals surface area contributed by atoms with Crippen molar-refractivity contribution in [2.45, 2.75) is 102 Å². The van der Waals surface area contributed by atoms with Crippen LogP contribution < -0.4 is 11.1 Å². The number of aromatic nitrogens is 6. The van der Waals surface area contributed by atoms with E-state index in [4.69, 9.17) is 0 Å². The maximum atomic E-state index is 13.0. The molecule has 4 atom stereocenters. The van der Waals surface area contributed by atoms with Crippen LogP contribution >= 0.6 is 0 Å². The van der Waals surface area contributed by atoms with Crippen LogP contribution in [-0.4, -0.2) is 89.3 Å². The molecule has 2 saturated heterocycles. The molecule has 2 saturated carbocycles. The first-order chi connectivity index (χ1) is 30.1. The molecule has 0 unspecified atom stereocenters. The van der Waals surface area contributed by atoms with Gasteiger partial charge in [0.25, 0.3) is 22.9 Å². The highest BCUT2D eigenvalue weighted by atomic mass is 19.1. The van der Waals surface area contributed by atoms with E-state index >= 15 is 0 Å². The monoisotopic (exact) mass is 844 g/mol. The molecule has 6 heterocycles. The van der Waals surface area contributed by atoms with Gasteiger partial charge in [0, 0.05) is 72.7 Å². The number of nitrogens with zero attached hydrogens (tertiary/aromatic N) is 6. The van der Waals surface area contributed by atoms with Gasteiger partial charge in [0.2, 0.25) is 0 Å². The third-order valence-electron chi connectivity index (χ3n) is 14.2. The fourth-order valence-corrected chi connectivity index (χ4v) is 9.87. The number of hydrogen-bond donors (Lipinski definition) is 2. The van der Waals surface area contributed by atoms with Gasteiger partial charge in [0.15, 0.2) is 11.3 Å². The number of nitrogens with one attached hydrogen (secondary N) is 2. The Balaban J connectivity index is 0.000000158. The molecule has 14 heteroatoms. The van der Waals surface area contributed by atoms with Gasteiger partial charge in [-0.25, -0.2) is 19.0 Å². The smallest absolute Gasteiger partial charge is 0.273 e. The molecule has 0 spiro atoms. The van der Waals surface area contributed by atoms with Crippen LogP contribution in [0.2, 0.25) is 0 Å². The van der Waals surface area contributed by atoms with Crippen LogP contribution in [0, 0.1) is 11.8 Å². The number of rotatable bonds is 8. The molecule has 12 nitrogen and oxygen atoms in total. The Morgan fingerprint density at radius 3 is 1.31 bits per heavy atom. The number of alkyl halides is 2. The second kappa shape index (κ2) is 17.5. The molecule has 324 valence electrons. The summed E-state index contributed by atoms with van der Waals surface area (Å²) in [6.45, 7) is 3.61. The fraction of sp³-hybridized carbons (Fsp3) is 0.458. The van der Waals surface area contributed by atoms with Crippen molar-refractivity contribution >= 4 is 23.1 Å². The highest BCUT2D eigenvalue weighted by molar-refractivity contribution is 6.01. The van der Waals surface area contributed by atoms with Gasteiger partial charge in [-0.3, -0.25) is 38.2 Å². The number of carbonyl (C=O) groups excluding carboxylic acids is 2. The van der Waals surface area contributed by atoms with Gasteiger partial charge in [0.1, 0.15) is 11.1 Å². The molecular formula is C48H54F2N8O4. The van der Waals surface area contributed by atoms with Crippen molar-refractivity contribution in [3.8, 4) is 22.5 Å². The van der Waals surface area contributed by atoms with Crippen molar-refractivity contribution in [1.29, 1.82) is 0 Å². The van der Waals surface area contributed by atoms with Gasteiger partial charge in [-0.15, -0.1) is 0 Å². The summed E-state index contributed by atoms with van der Waals surface area (Å²) in [5, 5.41) is 5.66. The zero-order valence-corrected chi connectivity index (χ0v) is 35.4. The number of likely N-dealkylation sites (tertiary alicyclic amines) is 2. The number of benzene rings is 2. The van der Waals surface area contributed by atoms with E-state index in [1.165, 1.54) is 109 Å². The summed E-state index contributed by atoms with van der Waals surface area (Å²) < 4.78 is 28.5. The number of hydrogen-bond acceptors (Lipinski definition) is 6. The van der Waals surface area contributed by atoms with Gasteiger partial charge in [-0.1, -0.05) is 87.1 Å². The Morgan fingerprint density at radius 1 is 0.597 bits per heavy atom. The van der Waals surface area contributed by atoms with E-state index in [1.54, 1.807) is 9.80 Å². The molecule has 0 radical (unpaired) electrons. The predicted octanol–water partition coefficient (Wildman–Crippen LogP) is 8.33. The molecule has 2 N–H and O–H groups in total. The average molecular weight is 845 g/mol. The molecule has 2 amide bonds. The normalized spacial score (nSPS) is 21.9. The molecule has 62 heavy (non-hydrogen) atoms. The zero-order chi connectivity index (χ0) is 43.1. The summed E-state index contributed by atoms with van der Waals surface area (Å²) in [5.41, 5.74) is 6.23. The van der Waals surface area contributed by atoms with E-state index in [-0.39, 0.29) is 46.9 Å². The van der Waals surface area contributed by atoms with Crippen molar-refractivity contribution in [2.24, 2.45) is 11.8 Å². The lowest BCUT2D eigenvalue weighted by atomic mass is 9.84. The maximum absolute atomic E-state index is 13.0. The second-order valence-corrected chi connectivity index (χ2v) is 17.8. The first kappa shape index (κ1) is 41.4. The number of halogens is 2. The molecule has 2 aliphatic heterocycles. The Hall–Kier alpha value is -5.92. The van der Waals surface area contributed by atoms with Crippen LogP contribution in [0.5, 0.6) is 0 Å². The predicted molar refractivity (Wildman–Crippen MR) is 234 cm³/mol. The summed E-state index contributed by atoms with van der Waals surface area (Å²) in [6.07, 6.45) is 15.7. The largest absolute Gasteiger partial charge is 0.335 e. The number of amides is 2. The third kappa shape index (κ3) is 7.77. The van der Waals surface area contributed by atoms with E-state index < -0.39 is 13.3 Å². The molecule has 2 aromatic carbocycles. The summed E-state index contributed by atoms with van der Waals surface area (Å²) in [4.78, 5) is 63.8. The first-order valence-corrected chi connectivity index (χ1v) is 22.3. The Morgan fingerprint density at radius 2 is 0.968 bits per heavy atom. The van der Waals surface area contributed by atoms with Gasteiger partial charge in [-0.05, 0) is 62.5 Å². The zero-order valence-electron chi connectivity index (χ0n) is 35.4. The number of aromatic amines is 2. The number of carbonyl (C=O) groups is 2. The molecule has 0 bridgehead atoms. The molecule has 4 aromatic heterocycles. The Labute approximate surface area is 358 Å². The van der Waals surface area contributed by atoms with E-state index in [2.05, 4.69) is 44.4 Å². The lowest BCUT2D eigenvalue weighted by Crippen LogP contribution is -2.57. The van der Waals surface area contributed by atoms with Crippen LogP contribution in [0.25, 0.3) is 33.8 Å². The van der Waals surface area contributed by atoms with Crippen molar-refractivity contribution in [3.63, 3.8) is 0 Å². The Bertz CT molecular complexity index is 2510. The van der Waals surface area contributed by atoms with Crippen LogP contribution in [0.1, 0.15) is 122 Å². The van der Waals surface area contributed by atoms with E-state index in [0.29, 0.717) is 58.7 Å². The molecule has 4 aliphatic rings. The molecular weight excluding hydrogens is 791 g/mol. The number of H-pyrrole nitrogens is 2. The average Bonchev–Trinajstić information content (AvgIpc) is 3.95. The van der Waals surface area contributed by atoms with Crippen LogP contribution in [0.3, 0.4) is 0 Å². The molecule has 10 rings (SSSR count). The first-order valence-electron chi connectivity index (χ1n) is 22.3. The van der Waals surface area contributed by atoms with Gasteiger partial charge < -0.3 is 9.80 Å². The minimum Gasteiger partial charge on any atom is -0.335 e. The van der Waals surface area contributed by atoms with Gasteiger partial charge >= 0.3 is 0 Å². The molecule has 6 aromatic rings. The Kier molecular flexibility index (Phi) is 11.7. The van der Waals surface area contributed by atoms with Crippen LogP contribution in [0.15, 0.2) is 82.6 Å². The van der Waals surface area contributed by atoms with Crippen molar-refractivity contribution in [3.05, 3.63) is 116 Å². The number of fused-ring (bicyclic) bond motifs is 2. The summed E-state index contributed by atoms with van der Waals surface area (Å²) in [5.74, 6) is 0.528. The fourth-order valence-electron chi connectivity index (χ4n) is 9.87. The quantitative estimate of drug-likeness (QED) is 0.158. The second-order valence-electron chi connectivity index (χ2n) is 17.8. The topological polar surface area (TPSA) is 141 Å². The summed E-state index contributed by atoms with van der Waals surface area (Å²) >= 11 is 0. The summed E-state index contributed by atoms with van der Waals surface area (Å²) in [6, 6.07) is 19.3. The van der Waals surface area contributed by atoms with Crippen molar-refractivity contribution in [1.82, 2.24) is 39.0 Å². The van der Waals surface area contributed by atoms with E-state index in [0.717, 1.165) is 11.1 Å². The minimum atomic E-state index is -0.433. The SMILES string of the molecule is C[C@@H]1[C@H](CF)CN1C(=O)c1c[nH]n2c(=O)cc(-c3ccc(C4CCCCC4)cc3)nc12.C[C@H]1[C@@H](CF)CN1C(=O)c1c[nH]n2c(=O)cc(-c3ccc(C4CCCCC4)cc3)nc12. The van der Waals surface area contributed by atoms with E-state index in [1.807, 2.05) is 38.1 Å². The van der Waals surface area contributed by atoms with Crippen molar-refractivity contribution < 1.29 is 18.4 Å². The standard InChI is InChI=1S/2C24H27FN4O2/c2*1-15-19(12-25)14-28(15)24(31)20-13-26-29-22(30)11-21(27-23(20)29)18-9-7-17(8-10-18)16-5-3-2-4-6-16/h2*7-11,13,15-16,19,26H,2-6,12,14H2,1H3/t2*15-,19-/m10/s1. The van der Waals surface area contributed by atoms with Gasteiger partial charge in [0.05, 0.1) is 24.7 Å². The minimum absolute atomic E-state index is 0.122. The highest BCUT2D eigenvalue weighted by Crippen LogP contribution is 2.35.